The molecule has 0 radical (unpaired) electrons. The number of carbonyl (C=O) groups excluding carboxylic acids is 1. The maximum Gasteiger partial charge on any atom is 0.343 e. The van der Waals surface area contributed by atoms with E-state index in [0.29, 0.717) is 5.75 Å². The van der Waals surface area contributed by atoms with Crippen molar-refractivity contribution in [1.82, 2.24) is 0 Å². The standard InChI is InChI=1S/C28H33FO2/c1-3-4-5-20-7-13-25(14-8-20)31-28(30)24-12-15-26(27(29)18-24)23-11-10-21-16-19(2)6-9-22(21)17-23/h3,7-8,12-15,18-19,21-23H,1,4-6,9-11,16-17H2,2H3/t19-,21-,22+,23?/m0/s1. The normalized spacial score (nSPS) is 25.5. The van der Waals surface area contributed by atoms with Crippen LogP contribution in [0, 0.1) is 23.6 Å². The van der Waals surface area contributed by atoms with E-state index in [2.05, 4.69) is 13.5 Å². The zero-order chi connectivity index (χ0) is 21.8. The van der Waals surface area contributed by atoms with Crippen LogP contribution in [0.1, 0.15) is 79.3 Å². The van der Waals surface area contributed by atoms with Crippen molar-refractivity contribution in [3.63, 3.8) is 0 Å². The van der Waals surface area contributed by atoms with E-state index in [1.54, 1.807) is 24.3 Å². The quantitative estimate of drug-likeness (QED) is 0.275. The van der Waals surface area contributed by atoms with Crippen LogP contribution in [0.5, 0.6) is 5.75 Å². The van der Waals surface area contributed by atoms with Gasteiger partial charge in [0, 0.05) is 0 Å². The number of carbonyl (C=O) groups is 1. The molecule has 2 nitrogen and oxygen atoms in total. The number of allylic oxidation sites excluding steroid dienone is 1. The molecular weight excluding hydrogens is 387 g/mol. The highest BCUT2D eigenvalue weighted by atomic mass is 19.1. The molecule has 0 aromatic heterocycles. The molecule has 31 heavy (non-hydrogen) atoms. The smallest absolute Gasteiger partial charge is 0.343 e. The Balaban J connectivity index is 1.39. The second-order valence-corrected chi connectivity index (χ2v) is 9.55. The van der Waals surface area contributed by atoms with Crippen LogP contribution in [0.3, 0.4) is 0 Å². The van der Waals surface area contributed by atoms with Crippen molar-refractivity contribution in [3.8, 4) is 5.75 Å². The van der Waals surface area contributed by atoms with Crippen molar-refractivity contribution in [3.05, 3.63) is 77.6 Å². The summed E-state index contributed by atoms with van der Waals surface area (Å²) in [6.07, 6.45) is 10.9. The lowest BCUT2D eigenvalue weighted by atomic mass is 9.64. The first-order chi connectivity index (χ1) is 15.0. The second-order valence-electron chi connectivity index (χ2n) is 9.55. The van der Waals surface area contributed by atoms with E-state index in [-0.39, 0.29) is 17.3 Å². The van der Waals surface area contributed by atoms with Gasteiger partial charge in [-0.05, 0) is 104 Å². The van der Waals surface area contributed by atoms with Crippen molar-refractivity contribution in [2.45, 2.75) is 64.2 Å². The Labute approximate surface area is 185 Å². The second kappa shape index (κ2) is 9.80. The first-order valence-corrected chi connectivity index (χ1v) is 11.7. The minimum atomic E-state index is -0.519. The number of ether oxygens (including phenoxy) is 1. The topological polar surface area (TPSA) is 26.3 Å². The Kier molecular flexibility index (Phi) is 6.89. The van der Waals surface area contributed by atoms with Crippen LogP contribution in [0.25, 0.3) is 0 Å². The van der Waals surface area contributed by atoms with Crippen LogP contribution >= 0.6 is 0 Å². The molecule has 2 aromatic carbocycles. The van der Waals surface area contributed by atoms with Crippen LogP contribution in [-0.4, -0.2) is 5.97 Å². The van der Waals surface area contributed by atoms with Gasteiger partial charge in [-0.2, -0.15) is 0 Å². The van der Waals surface area contributed by atoms with Gasteiger partial charge in [-0.25, -0.2) is 9.18 Å². The summed E-state index contributed by atoms with van der Waals surface area (Å²) >= 11 is 0. The molecule has 0 heterocycles. The fraction of sp³-hybridized carbons (Fsp3) is 0.464. The first kappa shape index (κ1) is 21.8. The summed E-state index contributed by atoms with van der Waals surface area (Å²) in [6, 6.07) is 12.3. The molecule has 164 valence electrons. The molecule has 0 spiro atoms. The minimum absolute atomic E-state index is 0.261. The monoisotopic (exact) mass is 420 g/mol. The molecule has 2 aromatic rings. The van der Waals surface area contributed by atoms with E-state index in [1.807, 2.05) is 18.2 Å². The van der Waals surface area contributed by atoms with E-state index in [9.17, 15) is 9.18 Å². The van der Waals surface area contributed by atoms with Crippen molar-refractivity contribution in [2.75, 3.05) is 0 Å². The molecule has 3 heteroatoms. The molecular formula is C28H33FO2. The van der Waals surface area contributed by atoms with Crippen LogP contribution in [0.2, 0.25) is 0 Å². The van der Waals surface area contributed by atoms with Gasteiger partial charge in [0.1, 0.15) is 11.6 Å². The predicted octanol–water partition coefficient (Wildman–Crippen LogP) is 7.48. The van der Waals surface area contributed by atoms with Crippen molar-refractivity contribution >= 4 is 5.97 Å². The van der Waals surface area contributed by atoms with Gasteiger partial charge >= 0.3 is 5.97 Å². The molecule has 4 rings (SSSR count). The Morgan fingerprint density at radius 1 is 1.06 bits per heavy atom. The Bertz CT molecular complexity index is 917. The number of benzene rings is 2. The summed E-state index contributed by atoms with van der Waals surface area (Å²) in [7, 11) is 0. The zero-order valence-electron chi connectivity index (χ0n) is 18.5. The number of aryl methyl sites for hydroxylation is 1. The van der Waals surface area contributed by atoms with Gasteiger partial charge in [0.15, 0.2) is 0 Å². The Hall–Kier alpha value is -2.42. The summed E-state index contributed by atoms with van der Waals surface area (Å²) in [5.41, 5.74) is 2.19. The third-order valence-corrected chi connectivity index (χ3v) is 7.32. The third-order valence-electron chi connectivity index (χ3n) is 7.32. The molecule has 0 bridgehead atoms. The number of halogens is 1. The summed E-state index contributed by atoms with van der Waals surface area (Å²) in [5.74, 6) is 2.33. The van der Waals surface area contributed by atoms with Crippen molar-refractivity contribution in [2.24, 2.45) is 17.8 Å². The van der Waals surface area contributed by atoms with Gasteiger partial charge in [-0.3, -0.25) is 0 Å². The molecule has 2 saturated carbocycles. The van der Waals surface area contributed by atoms with Crippen LogP contribution in [0.4, 0.5) is 4.39 Å². The highest BCUT2D eigenvalue weighted by molar-refractivity contribution is 5.91. The van der Waals surface area contributed by atoms with Gasteiger partial charge in [-0.15, -0.1) is 6.58 Å². The molecule has 0 aliphatic heterocycles. The van der Waals surface area contributed by atoms with Gasteiger partial charge in [-0.1, -0.05) is 37.6 Å². The lowest BCUT2D eigenvalue weighted by Crippen LogP contribution is -2.30. The van der Waals surface area contributed by atoms with E-state index in [1.165, 1.54) is 31.7 Å². The van der Waals surface area contributed by atoms with Crippen molar-refractivity contribution < 1.29 is 13.9 Å². The first-order valence-electron chi connectivity index (χ1n) is 11.7. The number of fused-ring (bicyclic) bond motifs is 1. The summed E-state index contributed by atoms with van der Waals surface area (Å²) in [6.45, 7) is 6.09. The minimum Gasteiger partial charge on any atom is -0.423 e. The Morgan fingerprint density at radius 3 is 2.55 bits per heavy atom. The summed E-state index contributed by atoms with van der Waals surface area (Å²) in [5, 5.41) is 0. The van der Waals surface area contributed by atoms with E-state index in [4.69, 9.17) is 4.74 Å². The fourth-order valence-corrected chi connectivity index (χ4v) is 5.55. The van der Waals surface area contributed by atoms with Gasteiger partial charge < -0.3 is 4.74 Å². The molecule has 0 N–H and O–H groups in total. The fourth-order valence-electron chi connectivity index (χ4n) is 5.55. The summed E-state index contributed by atoms with van der Waals surface area (Å²) in [4.78, 5) is 12.5. The maximum absolute atomic E-state index is 15.0. The van der Waals surface area contributed by atoms with Crippen LogP contribution in [0.15, 0.2) is 55.1 Å². The predicted molar refractivity (Wildman–Crippen MR) is 123 cm³/mol. The van der Waals surface area contributed by atoms with E-state index in [0.717, 1.165) is 54.6 Å². The molecule has 0 saturated heterocycles. The SMILES string of the molecule is C=CCCc1ccc(OC(=O)c2ccc(C3CC[C@H]4C[C@@H](C)CC[C@@H]4C3)c(F)c2)cc1. The zero-order valence-corrected chi connectivity index (χ0v) is 18.5. The molecule has 4 atom stereocenters. The average molecular weight is 421 g/mol. The number of hydrogen-bond donors (Lipinski definition) is 0. The largest absolute Gasteiger partial charge is 0.423 e. The Morgan fingerprint density at radius 2 is 1.81 bits per heavy atom. The lowest BCUT2D eigenvalue weighted by Gasteiger charge is -2.41. The highest BCUT2D eigenvalue weighted by Gasteiger charge is 2.35. The van der Waals surface area contributed by atoms with Gasteiger partial charge in [0.2, 0.25) is 0 Å². The molecule has 2 aliphatic rings. The molecule has 1 unspecified atom stereocenters. The van der Waals surface area contributed by atoms with Gasteiger partial charge in [0.05, 0.1) is 5.56 Å². The van der Waals surface area contributed by atoms with Gasteiger partial charge in [0.25, 0.3) is 0 Å². The maximum atomic E-state index is 15.0. The number of rotatable bonds is 6. The average Bonchev–Trinajstić information content (AvgIpc) is 2.78. The highest BCUT2D eigenvalue weighted by Crippen LogP contribution is 2.47. The van der Waals surface area contributed by atoms with Crippen molar-refractivity contribution in [1.29, 1.82) is 0 Å². The van der Waals surface area contributed by atoms with Crippen LogP contribution in [-0.2, 0) is 6.42 Å². The van der Waals surface area contributed by atoms with E-state index < -0.39 is 5.97 Å². The molecule has 2 aliphatic carbocycles. The van der Waals surface area contributed by atoms with Crippen LogP contribution < -0.4 is 4.74 Å². The number of hydrogen-bond acceptors (Lipinski definition) is 2. The third kappa shape index (κ3) is 5.26. The number of esters is 1. The summed E-state index contributed by atoms with van der Waals surface area (Å²) < 4.78 is 20.4. The lowest BCUT2D eigenvalue weighted by molar-refractivity contribution is 0.0734. The van der Waals surface area contributed by atoms with E-state index >= 15 is 0 Å². The molecule has 0 amide bonds. The molecule has 2 fully saturated rings.